The van der Waals surface area contributed by atoms with Crippen LogP contribution in [0.1, 0.15) is 33.6 Å². The Balaban J connectivity index is 0.00000312. The number of nitrogens with zero attached hydrogens (tertiary/aromatic N) is 3. The minimum absolute atomic E-state index is 0. The van der Waals surface area contributed by atoms with Crippen LogP contribution in [0.3, 0.4) is 0 Å². The van der Waals surface area contributed by atoms with E-state index >= 15 is 0 Å². The summed E-state index contributed by atoms with van der Waals surface area (Å²) < 4.78 is 5.40. The molecule has 0 saturated carbocycles. The number of hydrogen-bond acceptors (Lipinski definition) is 4. The number of nitrogens with one attached hydrogen (secondary N) is 2. The lowest BCUT2D eigenvalue weighted by Gasteiger charge is -2.27. The topological polar surface area (TPSA) is 52.1 Å². The Labute approximate surface area is 171 Å². The Morgan fingerprint density at radius 3 is 2.64 bits per heavy atom. The summed E-state index contributed by atoms with van der Waals surface area (Å²) in [5, 5.41) is 6.86. The predicted octanol–water partition coefficient (Wildman–Crippen LogP) is 1.61. The molecule has 0 aliphatic carbocycles. The lowest BCUT2D eigenvalue weighted by Crippen LogP contribution is -2.45. The van der Waals surface area contributed by atoms with Crippen molar-refractivity contribution in [2.45, 2.75) is 39.7 Å². The van der Waals surface area contributed by atoms with Crippen LogP contribution in [0.25, 0.3) is 0 Å². The molecule has 2 fully saturated rings. The first-order chi connectivity index (χ1) is 11.7. The number of likely N-dealkylation sites (tertiary alicyclic amines) is 1. The number of guanidine groups is 1. The second-order valence-corrected chi connectivity index (χ2v) is 7.29. The van der Waals surface area contributed by atoms with E-state index < -0.39 is 0 Å². The quantitative estimate of drug-likeness (QED) is 0.323. The third-order valence-electron chi connectivity index (χ3n) is 4.73. The molecule has 0 amide bonds. The van der Waals surface area contributed by atoms with Crippen LogP contribution in [-0.2, 0) is 4.74 Å². The van der Waals surface area contributed by atoms with Crippen LogP contribution < -0.4 is 10.6 Å². The van der Waals surface area contributed by atoms with Gasteiger partial charge in [0.2, 0.25) is 0 Å². The summed E-state index contributed by atoms with van der Waals surface area (Å²) in [5.74, 6) is 1.69. The summed E-state index contributed by atoms with van der Waals surface area (Å²) in [7, 11) is 0. The van der Waals surface area contributed by atoms with Gasteiger partial charge in [-0.05, 0) is 32.2 Å². The summed E-state index contributed by atoms with van der Waals surface area (Å²) in [4.78, 5) is 9.91. The number of halogens is 1. The second kappa shape index (κ2) is 13.1. The molecule has 0 aromatic rings. The van der Waals surface area contributed by atoms with Crippen molar-refractivity contribution in [3.63, 3.8) is 0 Å². The molecule has 2 heterocycles. The summed E-state index contributed by atoms with van der Waals surface area (Å²) in [5.41, 5.74) is 0. The third-order valence-corrected chi connectivity index (χ3v) is 4.73. The Kier molecular flexibility index (Phi) is 12.0. The first kappa shape index (κ1) is 22.9. The van der Waals surface area contributed by atoms with E-state index in [1.807, 2.05) is 0 Å². The molecule has 0 radical (unpaired) electrons. The molecule has 6 nitrogen and oxygen atoms in total. The van der Waals surface area contributed by atoms with Crippen LogP contribution in [0.15, 0.2) is 4.99 Å². The third kappa shape index (κ3) is 8.88. The Morgan fingerprint density at radius 1 is 1.20 bits per heavy atom. The average Bonchev–Trinajstić information content (AvgIpc) is 3.00. The zero-order chi connectivity index (χ0) is 17.2. The molecule has 1 atom stereocenters. The maximum atomic E-state index is 5.40. The second-order valence-electron chi connectivity index (χ2n) is 7.29. The average molecular weight is 467 g/mol. The predicted molar refractivity (Wildman–Crippen MR) is 116 cm³/mol. The number of aliphatic imine (C=N–C) groups is 1. The molecular weight excluding hydrogens is 429 g/mol. The molecule has 0 unspecified atom stereocenters. The molecule has 7 heteroatoms. The zero-order valence-corrected chi connectivity index (χ0v) is 18.6. The maximum absolute atomic E-state index is 5.40. The van der Waals surface area contributed by atoms with Gasteiger partial charge in [0.25, 0.3) is 0 Å². The van der Waals surface area contributed by atoms with Crippen LogP contribution in [0, 0.1) is 5.92 Å². The first-order valence-corrected chi connectivity index (χ1v) is 9.75. The normalized spacial score (nSPS) is 22.9. The molecule has 2 rings (SSSR count). The largest absolute Gasteiger partial charge is 0.379 e. The standard InChI is InChI=1S/C18H37N5O.HI/c1-4-19-18(20-7-9-22-10-12-24-13-11-22)21-14-17-6-5-8-23(17)15-16(2)3;/h16-17H,4-15H2,1-3H3,(H2,19,20,21);1H/t17-;/m1./s1. The van der Waals surface area contributed by atoms with E-state index in [0.29, 0.717) is 6.04 Å². The molecule has 2 saturated heterocycles. The van der Waals surface area contributed by atoms with Crippen molar-refractivity contribution < 1.29 is 4.74 Å². The van der Waals surface area contributed by atoms with Gasteiger partial charge in [-0.25, -0.2) is 0 Å². The van der Waals surface area contributed by atoms with Crippen molar-refractivity contribution in [3.05, 3.63) is 0 Å². The van der Waals surface area contributed by atoms with E-state index in [2.05, 4.69) is 41.2 Å². The van der Waals surface area contributed by atoms with Gasteiger partial charge >= 0.3 is 0 Å². The molecular formula is C18H38IN5O. The Morgan fingerprint density at radius 2 is 1.96 bits per heavy atom. The van der Waals surface area contributed by atoms with Gasteiger partial charge in [0.1, 0.15) is 0 Å². The number of ether oxygens (including phenoxy) is 1. The van der Waals surface area contributed by atoms with E-state index in [9.17, 15) is 0 Å². The van der Waals surface area contributed by atoms with Crippen LogP contribution >= 0.6 is 24.0 Å². The molecule has 2 N–H and O–H groups in total. The van der Waals surface area contributed by atoms with E-state index in [4.69, 9.17) is 9.73 Å². The first-order valence-electron chi connectivity index (χ1n) is 9.75. The summed E-state index contributed by atoms with van der Waals surface area (Å²) >= 11 is 0. The SMILES string of the molecule is CCNC(=NC[C@H]1CCCN1CC(C)C)NCCN1CCOCC1.I. The van der Waals surface area contributed by atoms with Crippen LogP contribution in [0.2, 0.25) is 0 Å². The minimum Gasteiger partial charge on any atom is -0.379 e. The Hall–Kier alpha value is -0.120. The molecule has 0 bridgehead atoms. The molecule has 0 aromatic carbocycles. The van der Waals surface area contributed by atoms with Crippen LogP contribution in [0.4, 0.5) is 0 Å². The van der Waals surface area contributed by atoms with Gasteiger partial charge < -0.3 is 15.4 Å². The highest BCUT2D eigenvalue weighted by molar-refractivity contribution is 14.0. The molecule has 148 valence electrons. The summed E-state index contributed by atoms with van der Waals surface area (Å²) in [6.45, 7) is 16.8. The number of morpholine rings is 1. The summed E-state index contributed by atoms with van der Waals surface area (Å²) in [6, 6.07) is 0.613. The minimum atomic E-state index is 0. The van der Waals surface area contributed by atoms with Gasteiger partial charge in [-0.15, -0.1) is 24.0 Å². The highest BCUT2D eigenvalue weighted by Gasteiger charge is 2.24. The van der Waals surface area contributed by atoms with Gasteiger partial charge in [0.05, 0.1) is 19.8 Å². The van der Waals surface area contributed by atoms with Crippen molar-refractivity contribution in [3.8, 4) is 0 Å². The highest BCUT2D eigenvalue weighted by Crippen LogP contribution is 2.18. The summed E-state index contributed by atoms with van der Waals surface area (Å²) in [6.07, 6.45) is 2.59. The monoisotopic (exact) mass is 467 g/mol. The fraction of sp³-hybridized carbons (Fsp3) is 0.944. The van der Waals surface area contributed by atoms with Gasteiger partial charge in [-0.3, -0.25) is 14.8 Å². The van der Waals surface area contributed by atoms with Gasteiger partial charge in [0, 0.05) is 45.3 Å². The lowest BCUT2D eigenvalue weighted by atomic mass is 10.2. The molecule has 2 aliphatic rings. The van der Waals surface area contributed by atoms with Gasteiger partial charge in [-0.1, -0.05) is 13.8 Å². The fourth-order valence-corrected chi connectivity index (χ4v) is 3.51. The van der Waals surface area contributed by atoms with Crippen LogP contribution in [0.5, 0.6) is 0 Å². The smallest absolute Gasteiger partial charge is 0.191 e. The Bertz CT molecular complexity index is 374. The van der Waals surface area contributed by atoms with Crippen LogP contribution in [-0.4, -0.2) is 87.4 Å². The van der Waals surface area contributed by atoms with Gasteiger partial charge in [0.15, 0.2) is 5.96 Å². The lowest BCUT2D eigenvalue weighted by molar-refractivity contribution is 0.0389. The molecule has 2 aliphatic heterocycles. The van der Waals surface area contributed by atoms with E-state index in [0.717, 1.165) is 64.4 Å². The van der Waals surface area contributed by atoms with E-state index in [1.54, 1.807) is 0 Å². The van der Waals surface area contributed by atoms with Crippen molar-refractivity contribution in [1.82, 2.24) is 20.4 Å². The van der Waals surface area contributed by atoms with Crippen molar-refractivity contribution in [1.29, 1.82) is 0 Å². The maximum Gasteiger partial charge on any atom is 0.191 e. The zero-order valence-electron chi connectivity index (χ0n) is 16.3. The number of rotatable bonds is 8. The number of hydrogen-bond donors (Lipinski definition) is 2. The van der Waals surface area contributed by atoms with Crippen molar-refractivity contribution >= 4 is 29.9 Å². The van der Waals surface area contributed by atoms with E-state index in [1.165, 1.54) is 25.9 Å². The molecule has 25 heavy (non-hydrogen) atoms. The molecule has 0 spiro atoms. The van der Waals surface area contributed by atoms with Crippen molar-refractivity contribution in [2.75, 3.05) is 65.6 Å². The molecule has 0 aromatic heterocycles. The van der Waals surface area contributed by atoms with Crippen molar-refractivity contribution in [2.24, 2.45) is 10.9 Å². The van der Waals surface area contributed by atoms with E-state index in [-0.39, 0.29) is 24.0 Å². The highest BCUT2D eigenvalue weighted by atomic mass is 127. The van der Waals surface area contributed by atoms with Gasteiger partial charge in [-0.2, -0.15) is 0 Å². The fourth-order valence-electron chi connectivity index (χ4n) is 3.51.